The quantitative estimate of drug-likeness (QED) is 0.848. The van der Waals surface area contributed by atoms with Crippen LogP contribution in [-0.2, 0) is 6.42 Å². The third kappa shape index (κ3) is 4.04. The standard InChI is InChI=1S/C16H23N3O2/c1-11(8-9-17)5-7-15-18-16(19-21-15)13-6-4-12(2)10-14(13)20-3/h4,6,10-11H,5,7-9,17H2,1-3H3. The number of hydrogen-bond donors (Lipinski definition) is 1. The van der Waals surface area contributed by atoms with Crippen molar-refractivity contribution in [2.24, 2.45) is 11.7 Å². The number of nitrogens with two attached hydrogens (primary N) is 1. The molecule has 21 heavy (non-hydrogen) atoms. The van der Waals surface area contributed by atoms with E-state index in [-0.39, 0.29) is 0 Å². The molecule has 1 unspecified atom stereocenters. The molecule has 5 nitrogen and oxygen atoms in total. The van der Waals surface area contributed by atoms with Gasteiger partial charge in [-0.05, 0) is 49.9 Å². The number of hydrogen-bond acceptors (Lipinski definition) is 5. The van der Waals surface area contributed by atoms with Gasteiger partial charge in [0.2, 0.25) is 11.7 Å². The molecule has 0 saturated heterocycles. The van der Waals surface area contributed by atoms with Gasteiger partial charge in [-0.1, -0.05) is 18.1 Å². The first-order chi connectivity index (χ1) is 10.1. The molecule has 5 heteroatoms. The summed E-state index contributed by atoms with van der Waals surface area (Å²) >= 11 is 0. The molecule has 0 radical (unpaired) electrons. The van der Waals surface area contributed by atoms with Gasteiger partial charge in [0.05, 0.1) is 12.7 Å². The van der Waals surface area contributed by atoms with Crippen molar-refractivity contribution in [3.8, 4) is 17.1 Å². The molecule has 1 atom stereocenters. The summed E-state index contributed by atoms with van der Waals surface area (Å²) in [5, 5.41) is 4.06. The minimum atomic E-state index is 0.569. The Morgan fingerprint density at radius 1 is 1.33 bits per heavy atom. The predicted molar refractivity (Wildman–Crippen MR) is 82.2 cm³/mol. The Hall–Kier alpha value is -1.88. The fourth-order valence-corrected chi connectivity index (χ4v) is 2.25. The molecule has 0 saturated carbocycles. The Bertz CT molecular complexity index is 581. The maximum atomic E-state index is 5.56. The Labute approximate surface area is 125 Å². The number of aromatic nitrogens is 2. The van der Waals surface area contributed by atoms with Crippen LogP contribution in [0.25, 0.3) is 11.4 Å². The fraction of sp³-hybridized carbons (Fsp3) is 0.500. The van der Waals surface area contributed by atoms with Gasteiger partial charge in [0.15, 0.2) is 0 Å². The van der Waals surface area contributed by atoms with Gasteiger partial charge in [0.25, 0.3) is 0 Å². The first-order valence-electron chi connectivity index (χ1n) is 7.31. The molecule has 1 aromatic carbocycles. The second-order valence-electron chi connectivity index (χ2n) is 5.44. The highest BCUT2D eigenvalue weighted by atomic mass is 16.5. The number of aryl methyl sites for hydroxylation is 2. The van der Waals surface area contributed by atoms with E-state index in [2.05, 4.69) is 17.1 Å². The van der Waals surface area contributed by atoms with Gasteiger partial charge in [-0.3, -0.25) is 0 Å². The molecule has 0 spiro atoms. The van der Waals surface area contributed by atoms with Gasteiger partial charge in [-0.15, -0.1) is 0 Å². The number of ether oxygens (including phenoxy) is 1. The Balaban J connectivity index is 2.09. The van der Waals surface area contributed by atoms with Crippen molar-refractivity contribution in [3.63, 3.8) is 0 Å². The van der Waals surface area contributed by atoms with Crippen molar-refractivity contribution >= 4 is 0 Å². The van der Waals surface area contributed by atoms with Crippen molar-refractivity contribution in [2.75, 3.05) is 13.7 Å². The van der Waals surface area contributed by atoms with E-state index in [4.69, 9.17) is 15.0 Å². The SMILES string of the molecule is COc1cc(C)ccc1-c1noc(CCC(C)CCN)n1. The smallest absolute Gasteiger partial charge is 0.226 e. The maximum Gasteiger partial charge on any atom is 0.226 e. The highest BCUT2D eigenvalue weighted by Crippen LogP contribution is 2.28. The van der Waals surface area contributed by atoms with Crippen LogP contribution >= 0.6 is 0 Å². The Morgan fingerprint density at radius 3 is 2.86 bits per heavy atom. The van der Waals surface area contributed by atoms with Gasteiger partial charge in [0.1, 0.15) is 5.75 Å². The van der Waals surface area contributed by atoms with E-state index < -0.39 is 0 Å². The summed E-state index contributed by atoms with van der Waals surface area (Å²) in [5.74, 6) is 2.57. The van der Waals surface area contributed by atoms with E-state index in [0.29, 0.717) is 17.6 Å². The summed E-state index contributed by atoms with van der Waals surface area (Å²) in [5.41, 5.74) is 7.55. The minimum absolute atomic E-state index is 0.569. The van der Waals surface area contributed by atoms with Crippen LogP contribution in [0.4, 0.5) is 0 Å². The summed E-state index contributed by atoms with van der Waals surface area (Å²) in [6.07, 6.45) is 2.80. The van der Waals surface area contributed by atoms with Crippen molar-refractivity contribution < 1.29 is 9.26 Å². The third-order valence-electron chi connectivity index (χ3n) is 3.58. The van der Waals surface area contributed by atoms with Crippen LogP contribution in [0.5, 0.6) is 5.75 Å². The fourth-order valence-electron chi connectivity index (χ4n) is 2.25. The van der Waals surface area contributed by atoms with Crippen LogP contribution in [0.15, 0.2) is 22.7 Å². The molecule has 2 aromatic rings. The number of rotatable bonds is 7. The molecule has 2 N–H and O–H groups in total. The summed E-state index contributed by atoms with van der Waals surface area (Å²) in [4.78, 5) is 4.46. The molecule has 114 valence electrons. The second kappa shape index (κ2) is 7.22. The molecule has 0 aliphatic heterocycles. The molecule has 0 aliphatic carbocycles. The van der Waals surface area contributed by atoms with Crippen molar-refractivity contribution in [1.82, 2.24) is 10.1 Å². The minimum Gasteiger partial charge on any atom is -0.496 e. The van der Waals surface area contributed by atoms with Gasteiger partial charge >= 0.3 is 0 Å². The summed E-state index contributed by atoms with van der Waals surface area (Å²) in [7, 11) is 1.65. The lowest BCUT2D eigenvalue weighted by Crippen LogP contribution is -2.06. The van der Waals surface area contributed by atoms with Crippen LogP contribution in [0.1, 0.15) is 31.2 Å². The molecule has 1 heterocycles. The van der Waals surface area contributed by atoms with E-state index in [1.807, 2.05) is 25.1 Å². The van der Waals surface area contributed by atoms with Crippen molar-refractivity contribution in [2.45, 2.75) is 33.1 Å². The Kier molecular flexibility index (Phi) is 5.33. The molecule has 0 aliphatic rings. The van der Waals surface area contributed by atoms with Crippen LogP contribution in [0, 0.1) is 12.8 Å². The van der Waals surface area contributed by atoms with Gasteiger partial charge in [-0.2, -0.15) is 4.98 Å². The van der Waals surface area contributed by atoms with Crippen LogP contribution in [-0.4, -0.2) is 23.8 Å². The monoisotopic (exact) mass is 289 g/mol. The Morgan fingerprint density at radius 2 is 2.14 bits per heavy atom. The van der Waals surface area contributed by atoms with E-state index in [1.165, 1.54) is 0 Å². The van der Waals surface area contributed by atoms with Gasteiger partial charge in [0, 0.05) is 6.42 Å². The first-order valence-corrected chi connectivity index (χ1v) is 7.31. The van der Waals surface area contributed by atoms with Crippen molar-refractivity contribution in [3.05, 3.63) is 29.7 Å². The van der Waals surface area contributed by atoms with Crippen LogP contribution < -0.4 is 10.5 Å². The highest BCUT2D eigenvalue weighted by molar-refractivity contribution is 5.64. The zero-order valence-electron chi connectivity index (χ0n) is 12.9. The van der Waals surface area contributed by atoms with E-state index in [1.54, 1.807) is 7.11 Å². The third-order valence-corrected chi connectivity index (χ3v) is 3.58. The highest BCUT2D eigenvalue weighted by Gasteiger charge is 2.14. The molecule has 0 amide bonds. The van der Waals surface area contributed by atoms with Crippen LogP contribution in [0.2, 0.25) is 0 Å². The zero-order chi connectivity index (χ0) is 15.2. The zero-order valence-corrected chi connectivity index (χ0v) is 12.9. The van der Waals surface area contributed by atoms with Gasteiger partial charge in [-0.25, -0.2) is 0 Å². The molecule has 2 rings (SSSR count). The summed E-state index contributed by atoms with van der Waals surface area (Å²) < 4.78 is 10.7. The molecule has 0 bridgehead atoms. The molecule has 1 aromatic heterocycles. The second-order valence-corrected chi connectivity index (χ2v) is 5.44. The van der Waals surface area contributed by atoms with Crippen molar-refractivity contribution in [1.29, 1.82) is 0 Å². The predicted octanol–water partition coefficient (Wildman–Crippen LogP) is 2.97. The van der Waals surface area contributed by atoms with E-state index in [0.717, 1.165) is 42.7 Å². The van der Waals surface area contributed by atoms with E-state index in [9.17, 15) is 0 Å². The lowest BCUT2D eigenvalue weighted by Gasteiger charge is -2.06. The average molecular weight is 289 g/mol. The molecular formula is C16H23N3O2. The topological polar surface area (TPSA) is 74.2 Å². The van der Waals surface area contributed by atoms with E-state index >= 15 is 0 Å². The summed E-state index contributed by atoms with van der Waals surface area (Å²) in [6.45, 7) is 4.93. The number of methoxy groups -OCH3 is 1. The van der Waals surface area contributed by atoms with Crippen LogP contribution in [0.3, 0.4) is 0 Å². The molecular weight excluding hydrogens is 266 g/mol. The van der Waals surface area contributed by atoms with Gasteiger partial charge < -0.3 is 15.0 Å². The normalized spacial score (nSPS) is 12.4. The number of nitrogens with zero attached hydrogens (tertiary/aromatic N) is 2. The number of benzene rings is 1. The molecule has 0 fully saturated rings. The lowest BCUT2D eigenvalue weighted by atomic mass is 10.0. The largest absolute Gasteiger partial charge is 0.496 e. The first kappa shape index (κ1) is 15.5. The average Bonchev–Trinajstić information content (AvgIpc) is 2.94. The lowest BCUT2D eigenvalue weighted by molar-refractivity contribution is 0.362. The maximum absolute atomic E-state index is 5.56. The summed E-state index contributed by atoms with van der Waals surface area (Å²) in [6, 6.07) is 5.94.